The summed E-state index contributed by atoms with van der Waals surface area (Å²) >= 11 is 0. The largest absolute Gasteiger partial charge is 0.371 e. The predicted octanol–water partition coefficient (Wildman–Crippen LogP) is 1.27. The maximum Gasteiger partial charge on any atom is 0.246 e. The summed E-state index contributed by atoms with van der Waals surface area (Å²) in [4.78, 5) is 16.1. The zero-order valence-corrected chi connectivity index (χ0v) is 11.5. The molecule has 102 valence electrons. The van der Waals surface area contributed by atoms with Crippen LogP contribution in [0.15, 0.2) is 12.7 Å². The number of carbonyl (C=O) groups excluding carboxylic acids is 1. The number of amides is 1. The van der Waals surface area contributed by atoms with Crippen molar-refractivity contribution in [2.45, 2.75) is 37.3 Å². The van der Waals surface area contributed by atoms with Crippen LogP contribution in [0.25, 0.3) is 0 Å². The average Bonchev–Trinajstić information content (AvgIpc) is 2.79. The number of hydrogen-bond acceptors (Lipinski definition) is 3. The Morgan fingerprint density at radius 3 is 2.72 bits per heavy atom. The van der Waals surface area contributed by atoms with E-state index in [1.807, 2.05) is 19.0 Å². The maximum atomic E-state index is 12.0. The molecule has 0 aromatic heterocycles. The fraction of sp³-hybridized carbons (Fsp3) is 0.786. The van der Waals surface area contributed by atoms with Gasteiger partial charge in [0.2, 0.25) is 5.91 Å². The summed E-state index contributed by atoms with van der Waals surface area (Å²) in [5, 5.41) is 0. The number of likely N-dealkylation sites (N-methyl/N-ethyl adjacent to an activating group) is 1. The van der Waals surface area contributed by atoms with Gasteiger partial charge in [-0.1, -0.05) is 19.4 Å². The molecule has 0 bridgehead atoms. The van der Waals surface area contributed by atoms with Crippen LogP contribution >= 0.6 is 0 Å². The second-order valence-electron chi connectivity index (χ2n) is 5.79. The second kappa shape index (κ2) is 5.41. The van der Waals surface area contributed by atoms with Crippen molar-refractivity contribution in [1.82, 2.24) is 9.80 Å². The highest BCUT2D eigenvalue weighted by Crippen LogP contribution is 2.37. The molecule has 0 aromatic rings. The molecule has 0 radical (unpaired) electrons. The van der Waals surface area contributed by atoms with Gasteiger partial charge in [-0.2, -0.15) is 0 Å². The monoisotopic (exact) mass is 252 g/mol. The zero-order valence-electron chi connectivity index (χ0n) is 11.5. The van der Waals surface area contributed by atoms with Gasteiger partial charge in [0, 0.05) is 6.54 Å². The van der Waals surface area contributed by atoms with Crippen molar-refractivity contribution in [1.29, 1.82) is 0 Å². The van der Waals surface area contributed by atoms with Gasteiger partial charge in [-0.25, -0.2) is 0 Å². The van der Waals surface area contributed by atoms with E-state index >= 15 is 0 Å². The Morgan fingerprint density at radius 2 is 2.17 bits per heavy atom. The molecule has 4 heteroatoms. The Labute approximate surface area is 110 Å². The first-order chi connectivity index (χ1) is 8.56. The smallest absolute Gasteiger partial charge is 0.246 e. The van der Waals surface area contributed by atoms with Crippen LogP contribution < -0.4 is 0 Å². The van der Waals surface area contributed by atoms with Gasteiger partial charge in [-0.05, 0) is 33.0 Å². The van der Waals surface area contributed by atoms with Gasteiger partial charge in [0.05, 0.1) is 24.8 Å². The van der Waals surface area contributed by atoms with Gasteiger partial charge in [0.25, 0.3) is 0 Å². The summed E-state index contributed by atoms with van der Waals surface area (Å²) in [6.07, 6.45) is 6.03. The molecular formula is C14H24N2O2. The summed E-state index contributed by atoms with van der Waals surface area (Å²) in [6, 6.07) is 0.150. The van der Waals surface area contributed by atoms with Crippen molar-refractivity contribution in [2.24, 2.45) is 0 Å². The molecule has 1 spiro atoms. The van der Waals surface area contributed by atoms with E-state index < -0.39 is 0 Å². The van der Waals surface area contributed by atoms with Gasteiger partial charge in [0.15, 0.2) is 0 Å². The van der Waals surface area contributed by atoms with Crippen molar-refractivity contribution in [3.63, 3.8) is 0 Å². The topological polar surface area (TPSA) is 32.8 Å². The van der Waals surface area contributed by atoms with E-state index in [0.29, 0.717) is 6.61 Å². The lowest BCUT2D eigenvalue weighted by Gasteiger charge is -2.45. The van der Waals surface area contributed by atoms with Gasteiger partial charge in [-0.3, -0.25) is 4.79 Å². The molecule has 1 heterocycles. The third kappa shape index (κ3) is 2.75. The van der Waals surface area contributed by atoms with Crippen molar-refractivity contribution >= 4 is 5.91 Å². The molecule has 1 amide bonds. The summed E-state index contributed by atoms with van der Waals surface area (Å²) in [7, 11) is 4.05. The van der Waals surface area contributed by atoms with E-state index in [-0.39, 0.29) is 17.6 Å². The van der Waals surface area contributed by atoms with Crippen LogP contribution in [0.1, 0.15) is 25.7 Å². The molecular weight excluding hydrogens is 228 g/mol. The van der Waals surface area contributed by atoms with Crippen molar-refractivity contribution in [3.8, 4) is 0 Å². The third-order valence-corrected chi connectivity index (χ3v) is 4.03. The molecule has 1 aliphatic carbocycles. The van der Waals surface area contributed by atoms with Gasteiger partial charge < -0.3 is 14.5 Å². The van der Waals surface area contributed by atoms with Gasteiger partial charge in [-0.15, -0.1) is 0 Å². The molecule has 2 fully saturated rings. The second-order valence-corrected chi connectivity index (χ2v) is 5.79. The summed E-state index contributed by atoms with van der Waals surface area (Å²) in [5.41, 5.74) is -0.0680. The Bertz CT molecular complexity index is 322. The van der Waals surface area contributed by atoms with Crippen LogP contribution in [0.2, 0.25) is 0 Å². The van der Waals surface area contributed by atoms with Crippen molar-refractivity contribution < 1.29 is 9.53 Å². The molecule has 1 saturated heterocycles. The number of nitrogens with zero attached hydrogens (tertiary/aromatic N) is 2. The standard InChI is InChI=1S/C14H24N2O2/c1-4-13(17)16-11-14(7-5-6-8-14)18-10-12(16)9-15(2)3/h4,12H,1,5-11H2,2-3H3. The van der Waals surface area contributed by atoms with Crippen molar-refractivity contribution in [3.05, 3.63) is 12.7 Å². The number of carbonyl (C=O) groups is 1. The molecule has 2 aliphatic rings. The summed E-state index contributed by atoms with van der Waals surface area (Å²) in [6.45, 7) is 5.84. The lowest BCUT2D eigenvalue weighted by Crippen LogP contribution is -2.59. The minimum absolute atomic E-state index is 0.0384. The highest BCUT2D eigenvalue weighted by molar-refractivity contribution is 5.87. The molecule has 0 aromatic carbocycles. The zero-order chi connectivity index (χ0) is 13.2. The van der Waals surface area contributed by atoms with Crippen LogP contribution in [0, 0.1) is 0 Å². The van der Waals surface area contributed by atoms with Crippen LogP contribution in [-0.4, -0.2) is 61.1 Å². The first kappa shape index (κ1) is 13.6. The molecule has 4 nitrogen and oxygen atoms in total. The molecule has 18 heavy (non-hydrogen) atoms. The Balaban J connectivity index is 2.09. The quantitative estimate of drug-likeness (QED) is 0.709. The van der Waals surface area contributed by atoms with E-state index in [2.05, 4.69) is 11.5 Å². The minimum Gasteiger partial charge on any atom is -0.371 e. The van der Waals surface area contributed by atoms with E-state index in [1.54, 1.807) is 0 Å². The summed E-state index contributed by atoms with van der Waals surface area (Å²) in [5.74, 6) is 0.0384. The fourth-order valence-corrected chi connectivity index (χ4v) is 3.12. The average molecular weight is 252 g/mol. The molecule has 0 N–H and O–H groups in total. The molecule has 1 atom stereocenters. The number of hydrogen-bond donors (Lipinski definition) is 0. The third-order valence-electron chi connectivity index (χ3n) is 4.03. The van der Waals surface area contributed by atoms with Crippen molar-refractivity contribution in [2.75, 3.05) is 33.8 Å². The lowest BCUT2D eigenvalue weighted by atomic mass is 9.97. The van der Waals surface area contributed by atoms with Crippen LogP contribution in [0.5, 0.6) is 0 Å². The highest BCUT2D eigenvalue weighted by atomic mass is 16.5. The van der Waals surface area contributed by atoms with Crippen LogP contribution in [-0.2, 0) is 9.53 Å². The molecule has 1 saturated carbocycles. The van der Waals surface area contributed by atoms with Crippen LogP contribution in [0.4, 0.5) is 0 Å². The highest BCUT2D eigenvalue weighted by Gasteiger charge is 2.43. The Hall–Kier alpha value is -0.870. The predicted molar refractivity (Wildman–Crippen MR) is 71.4 cm³/mol. The SMILES string of the molecule is C=CC(=O)N1CC2(CCCC2)OCC1CN(C)C. The van der Waals surface area contributed by atoms with Crippen LogP contribution in [0.3, 0.4) is 0 Å². The van der Waals surface area contributed by atoms with E-state index in [0.717, 1.165) is 25.9 Å². The lowest BCUT2D eigenvalue weighted by molar-refractivity contribution is -0.158. The van der Waals surface area contributed by atoms with E-state index in [9.17, 15) is 4.79 Å². The number of morpholine rings is 1. The minimum atomic E-state index is -0.0680. The first-order valence-electron chi connectivity index (χ1n) is 6.78. The first-order valence-corrected chi connectivity index (χ1v) is 6.78. The molecule has 1 unspecified atom stereocenters. The number of rotatable bonds is 3. The fourth-order valence-electron chi connectivity index (χ4n) is 3.12. The molecule has 1 aliphatic heterocycles. The number of ether oxygens (including phenoxy) is 1. The summed E-state index contributed by atoms with van der Waals surface area (Å²) < 4.78 is 6.11. The Morgan fingerprint density at radius 1 is 1.50 bits per heavy atom. The normalized spacial score (nSPS) is 26.8. The van der Waals surface area contributed by atoms with Gasteiger partial charge in [0.1, 0.15) is 0 Å². The van der Waals surface area contributed by atoms with Gasteiger partial charge >= 0.3 is 0 Å². The van der Waals surface area contributed by atoms with E-state index in [4.69, 9.17) is 4.74 Å². The molecule has 2 rings (SSSR count). The van der Waals surface area contributed by atoms with E-state index in [1.165, 1.54) is 18.9 Å². The Kier molecular flexibility index (Phi) is 4.07. The maximum absolute atomic E-state index is 12.0.